The number of carbonyl (C=O) groups excluding carboxylic acids is 1. The lowest BCUT2D eigenvalue weighted by atomic mass is 9.95. The smallest absolute Gasteiger partial charge is 0.223 e. The van der Waals surface area contributed by atoms with Gasteiger partial charge in [0.1, 0.15) is 11.5 Å². The summed E-state index contributed by atoms with van der Waals surface area (Å²) < 4.78 is 10.8. The van der Waals surface area contributed by atoms with E-state index in [1.807, 2.05) is 23.1 Å². The van der Waals surface area contributed by atoms with Crippen LogP contribution in [0.5, 0.6) is 11.5 Å². The Labute approximate surface area is 174 Å². The van der Waals surface area contributed by atoms with Gasteiger partial charge in [-0.15, -0.1) is 0 Å². The molecule has 0 spiro atoms. The molecule has 3 rings (SSSR count). The molecule has 1 aliphatic rings. The SMILES string of the molecule is COc1ccc(C(C)CC(=O)N2CCN(c3cccc(C)c3C)CC2)c(OC)c1. The highest BCUT2D eigenvalue weighted by Crippen LogP contribution is 2.32. The number of hydrogen-bond donors (Lipinski definition) is 0. The standard InChI is InChI=1S/C24H32N2O3/c1-17-7-6-8-22(19(17)3)25-11-13-26(14-12-25)24(27)15-18(2)21-10-9-20(28-4)16-23(21)29-5/h6-10,16,18H,11-15H2,1-5H3. The van der Waals surface area contributed by atoms with Crippen LogP contribution in [0, 0.1) is 13.8 Å². The third-order valence-electron chi connectivity index (χ3n) is 6.00. The Balaban J connectivity index is 1.60. The van der Waals surface area contributed by atoms with E-state index < -0.39 is 0 Å². The van der Waals surface area contributed by atoms with Crippen LogP contribution in [0.3, 0.4) is 0 Å². The summed E-state index contributed by atoms with van der Waals surface area (Å²) in [6, 6.07) is 12.2. The number of amides is 1. The van der Waals surface area contributed by atoms with Crippen molar-refractivity contribution in [2.24, 2.45) is 0 Å². The molecule has 5 heteroatoms. The van der Waals surface area contributed by atoms with Crippen LogP contribution in [0.4, 0.5) is 5.69 Å². The molecule has 1 amide bonds. The third-order valence-corrected chi connectivity index (χ3v) is 6.00. The molecule has 1 aliphatic heterocycles. The molecular weight excluding hydrogens is 364 g/mol. The van der Waals surface area contributed by atoms with Gasteiger partial charge in [-0.25, -0.2) is 0 Å². The van der Waals surface area contributed by atoms with Crippen LogP contribution in [-0.2, 0) is 4.79 Å². The summed E-state index contributed by atoms with van der Waals surface area (Å²) in [6.45, 7) is 9.66. The van der Waals surface area contributed by atoms with E-state index >= 15 is 0 Å². The number of aryl methyl sites for hydroxylation is 1. The second-order valence-electron chi connectivity index (χ2n) is 7.80. The molecule has 1 fully saturated rings. The summed E-state index contributed by atoms with van der Waals surface area (Å²) in [5.41, 5.74) is 4.96. The number of ether oxygens (including phenoxy) is 2. The van der Waals surface area contributed by atoms with Crippen LogP contribution < -0.4 is 14.4 Å². The molecule has 5 nitrogen and oxygen atoms in total. The maximum Gasteiger partial charge on any atom is 0.223 e. The molecule has 1 saturated heterocycles. The molecule has 2 aromatic rings. The van der Waals surface area contributed by atoms with Crippen molar-refractivity contribution < 1.29 is 14.3 Å². The van der Waals surface area contributed by atoms with Crippen molar-refractivity contribution >= 4 is 11.6 Å². The zero-order valence-corrected chi connectivity index (χ0v) is 18.2. The van der Waals surface area contributed by atoms with Crippen molar-refractivity contribution in [2.45, 2.75) is 33.1 Å². The Hall–Kier alpha value is -2.69. The van der Waals surface area contributed by atoms with E-state index in [0.717, 1.165) is 43.2 Å². The normalized spacial score (nSPS) is 15.2. The highest BCUT2D eigenvalue weighted by Gasteiger charge is 2.24. The third kappa shape index (κ3) is 4.66. The van der Waals surface area contributed by atoms with Crippen molar-refractivity contribution in [1.29, 1.82) is 0 Å². The zero-order valence-electron chi connectivity index (χ0n) is 18.2. The van der Waals surface area contributed by atoms with E-state index in [1.165, 1.54) is 16.8 Å². The van der Waals surface area contributed by atoms with Crippen LogP contribution >= 0.6 is 0 Å². The second-order valence-corrected chi connectivity index (χ2v) is 7.80. The number of piperazine rings is 1. The van der Waals surface area contributed by atoms with Crippen molar-refractivity contribution in [3.8, 4) is 11.5 Å². The van der Waals surface area contributed by atoms with Crippen LogP contribution in [-0.4, -0.2) is 51.2 Å². The Morgan fingerprint density at radius 1 is 1.03 bits per heavy atom. The first kappa shape index (κ1) is 21.0. The lowest BCUT2D eigenvalue weighted by Gasteiger charge is -2.37. The first-order valence-corrected chi connectivity index (χ1v) is 10.3. The summed E-state index contributed by atoms with van der Waals surface area (Å²) in [5, 5.41) is 0. The summed E-state index contributed by atoms with van der Waals surface area (Å²) in [7, 11) is 3.29. The number of anilines is 1. The first-order chi connectivity index (χ1) is 13.9. The van der Waals surface area contributed by atoms with Gasteiger partial charge in [0.25, 0.3) is 0 Å². The van der Waals surface area contributed by atoms with Gasteiger partial charge in [0.05, 0.1) is 14.2 Å². The number of nitrogens with zero attached hydrogens (tertiary/aromatic N) is 2. The Kier molecular flexibility index (Phi) is 6.68. The summed E-state index contributed by atoms with van der Waals surface area (Å²) >= 11 is 0. The molecule has 0 aliphatic carbocycles. The summed E-state index contributed by atoms with van der Waals surface area (Å²) in [6.07, 6.45) is 0.478. The predicted molar refractivity (Wildman–Crippen MR) is 117 cm³/mol. The maximum absolute atomic E-state index is 12.9. The highest BCUT2D eigenvalue weighted by molar-refractivity contribution is 5.77. The van der Waals surface area contributed by atoms with Crippen LogP contribution in [0.25, 0.3) is 0 Å². The molecular formula is C24H32N2O3. The van der Waals surface area contributed by atoms with Crippen molar-refractivity contribution in [3.05, 3.63) is 53.1 Å². The fourth-order valence-corrected chi connectivity index (χ4v) is 4.00. The molecule has 2 aromatic carbocycles. The predicted octanol–water partition coefficient (Wildman–Crippen LogP) is 4.16. The number of rotatable bonds is 6. The fourth-order valence-electron chi connectivity index (χ4n) is 4.00. The topological polar surface area (TPSA) is 42.0 Å². The molecule has 0 N–H and O–H groups in total. The lowest BCUT2D eigenvalue weighted by molar-refractivity contribution is -0.131. The van der Waals surface area contributed by atoms with Gasteiger partial charge in [-0.3, -0.25) is 4.79 Å². The molecule has 1 unspecified atom stereocenters. The van der Waals surface area contributed by atoms with Gasteiger partial charge in [-0.2, -0.15) is 0 Å². The van der Waals surface area contributed by atoms with Gasteiger partial charge < -0.3 is 19.3 Å². The van der Waals surface area contributed by atoms with Gasteiger partial charge in [-0.05, 0) is 48.6 Å². The first-order valence-electron chi connectivity index (χ1n) is 10.3. The summed E-state index contributed by atoms with van der Waals surface area (Å²) in [5.74, 6) is 1.81. The van der Waals surface area contributed by atoms with E-state index in [9.17, 15) is 4.79 Å². The number of benzene rings is 2. The average molecular weight is 397 g/mol. The Bertz CT molecular complexity index is 857. The number of carbonyl (C=O) groups is 1. The van der Waals surface area contributed by atoms with E-state index in [2.05, 4.69) is 43.9 Å². The monoisotopic (exact) mass is 396 g/mol. The minimum Gasteiger partial charge on any atom is -0.497 e. The maximum atomic E-state index is 12.9. The molecule has 0 aromatic heterocycles. The van der Waals surface area contributed by atoms with E-state index in [0.29, 0.717) is 6.42 Å². The van der Waals surface area contributed by atoms with Gasteiger partial charge in [0.2, 0.25) is 5.91 Å². The minimum atomic E-state index is 0.0837. The quantitative estimate of drug-likeness (QED) is 0.735. The second kappa shape index (κ2) is 9.21. The molecule has 1 heterocycles. The largest absolute Gasteiger partial charge is 0.497 e. The number of hydrogen-bond acceptors (Lipinski definition) is 4. The Morgan fingerprint density at radius 2 is 1.76 bits per heavy atom. The van der Waals surface area contributed by atoms with Gasteiger partial charge in [0, 0.05) is 44.4 Å². The molecule has 0 radical (unpaired) electrons. The van der Waals surface area contributed by atoms with Gasteiger partial charge in [0.15, 0.2) is 0 Å². The minimum absolute atomic E-state index is 0.0837. The molecule has 29 heavy (non-hydrogen) atoms. The van der Waals surface area contributed by atoms with Gasteiger partial charge >= 0.3 is 0 Å². The van der Waals surface area contributed by atoms with Crippen molar-refractivity contribution in [2.75, 3.05) is 45.3 Å². The zero-order chi connectivity index (χ0) is 21.0. The molecule has 0 saturated carbocycles. The summed E-state index contributed by atoms with van der Waals surface area (Å²) in [4.78, 5) is 17.3. The van der Waals surface area contributed by atoms with Crippen LogP contribution in [0.2, 0.25) is 0 Å². The molecule has 1 atom stereocenters. The van der Waals surface area contributed by atoms with E-state index in [4.69, 9.17) is 9.47 Å². The number of methoxy groups -OCH3 is 2. The van der Waals surface area contributed by atoms with E-state index in [-0.39, 0.29) is 11.8 Å². The lowest BCUT2D eigenvalue weighted by Crippen LogP contribution is -2.49. The molecule has 0 bridgehead atoms. The van der Waals surface area contributed by atoms with Gasteiger partial charge in [-0.1, -0.05) is 25.1 Å². The fraction of sp³-hybridized carbons (Fsp3) is 0.458. The van der Waals surface area contributed by atoms with Crippen molar-refractivity contribution in [3.63, 3.8) is 0 Å². The van der Waals surface area contributed by atoms with Crippen molar-refractivity contribution in [1.82, 2.24) is 4.90 Å². The average Bonchev–Trinajstić information content (AvgIpc) is 2.75. The van der Waals surface area contributed by atoms with E-state index in [1.54, 1.807) is 14.2 Å². The highest BCUT2D eigenvalue weighted by atomic mass is 16.5. The van der Waals surface area contributed by atoms with Crippen LogP contribution in [0.15, 0.2) is 36.4 Å². The van der Waals surface area contributed by atoms with Crippen LogP contribution in [0.1, 0.15) is 36.0 Å². The molecule has 156 valence electrons. The Morgan fingerprint density at radius 3 is 2.41 bits per heavy atom.